The average Bonchev–Trinajstić information content (AvgIpc) is 3.15. The maximum Gasteiger partial charge on any atom is 0.236 e. The minimum atomic E-state index is 0. The zero-order chi connectivity index (χ0) is 21.3. The molecule has 7 nitrogen and oxygen atoms in total. The number of hydrogen-bond acceptors (Lipinski definition) is 3. The number of H-pyrrole nitrogens is 1. The smallest absolute Gasteiger partial charge is 0.236 e. The molecular weight excluding hydrogens is 503 g/mol. The highest BCUT2D eigenvalue weighted by molar-refractivity contribution is 14.0. The minimum Gasteiger partial charge on any atom is -0.361 e. The summed E-state index contributed by atoms with van der Waals surface area (Å²) in [6.45, 7) is 6.14. The molecule has 8 heteroatoms. The predicted octanol–water partition coefficient (Wildman–Crippen LogP) is 2.83. The monoisotopic (exact) mass is 540 g/mol. The SMILES string of the molecule is CCNC(=NCCCc1c[nH]c2ccccc12)NC1CCN(CC(=O)N(C)C)CC1.I. The quantitative estimate of drug-likeness (QED) is 0.209. The minimum absolute atomic E-state index is 0. The number of nitrogens with one attached hydrogen (secondary N) is 3. The third kappa shape index (κ3) is 7.68. The molecule has 0 unspecified atom stereocenters. The second kappa shape index (κ2) is 12.9. The Morgan fingerprint density at radius 3 is 2.71 bits per heavy atom. The van der Waals surface area contributed by atoms with Gasteiger partial charge in [0.05, 0.1) is 6.54 Å². The molecule has 1 saturated heterocycles. The van der Waals surface area contributed by atoms with E-state index < -0.39 is 0 Å². The summed E-state index contributed by atoms with van der Waals surface area (Å²) in [6, 6.07) is 8.85. The van der Waals surface area contributed by atoms with Gasteiger partial charge in [0.25, 0.3) is 0 Å². The van der Waals surface area contributed by atoms with Gasteiger partial charge >= 0.3 is 0 Å². The van der Waals surface area contributed by atoms with Crippen LogP contribution in [0.5, 0.6) is 0 Å². The van der Waals surface area contributed by atoms with E-state index in [9.17, 15) is 4.79 Å². The lowest BCUT2D eigenvalue weighted by molar-refractivity contribution is -0.130. The molecule has 1 amide bonds. The number of aryl methyl sites for hydroxylation is 1. The van der Waals surface area contributed by atoms with E-state index in [0.29, 0.717) is 12.6 Å². The van der Waals surface area contributed by atoms with E-state index in [2.05, 4.69) is 57.9 Å². The number of nitrogens with zero attached hydrogens (tertiary/aromatic N) is 3. The van der Waals surface area contributed by atoms with Crippen molar-refractivity contribution >= 4 is 46.7 Å². The normalized spacial score (nSPS) is 15.5. The van der Waals surface area contributed by atoms with Gasteiger partial charge in [-0.3, -0.25) is 14.7 Å². The molecule has 1 fully saturated rings. The first kappa shape index (κ1) is 25.5. The molecule has 2 heterocycles. The van der Waals surface area contributed by atoms with Crippen LogP contribution in [-0.4, -0.2) is 79.5 Å². The molecular formula is C23H37IN6O. The highest BCUT2D eigenvalue weighted by Gasteiger charge is 2.22. The number of fused-ring (bicyclic) bond motifs is 1. The first-order valence-corrected chi connectivity index (χ1v) is 11.1. The standard InChI is InChI=1S/C23H36N6O.HI/c1-4-24-23(27-19-11-14-29(15-12-19)17-22(30)28(2)3)25-13-7-8-18-16-26-21-10-6-5-9-20(18)21;/h5-6,9-10,16,19,26H,4,7-8,11-15,17H2,1-3H3,(H2,24,25,27);1H. The van der Waals surface area contributed by atoms with Crippen LogP contribution in [0, 0.1) is 0 Å². The van der Waals surface area contributed by atoms with Crippen molar-refractivity contribution in [2.24, 2.45) is 4.99 Å². The average molecular weight is 540 g/mol. The molecule has 0 aliphatic carbocycles. The molecule has 172 valence electrons. The van der Waals surface area contributed by atoms with E-state index in [1.807, 2.05) is 14.1 Å². The van der Waals surface area contributed by atoms with Crippen molar-refractivity contribution in [2.45, 2.75) is 38.6 Å². The van der Waals surface area contributed by atoms with E-state index in [0.717, 1.165) is 57.8 Å². The molecule has 2 aromatic rings. The number of amides is 1. The van der Waals surface area contributed by atoms with Gasteiger partial charge in [-0.05, 0) is 44.2 Å². The first-order valence-electron chi connectivity index (χ1n) is 11.1. The zero-order valence-corrected chi connectivity index (χ0v) is 21.3. The van der Waals surface area contributed by atoms with Crippen molar-refractivity contribution in [2.75, 3.05) is 46.8 Å². The van der Waals surface area contributed by atoms with E-state index >= 15 is 0 Å². The number of carbonyl (C=O) groups excluding carboxylic acids is 1. The Balaban J connectivity index is 0.00000341. The number of guanidine groups is 1. The number of likely N-dealkylation sites (N-methyl/N-ethyl adjacent to an activating group) is 1. The summed E-state index contributed by atoms with van der Waals surface area (Å²) in [5.74, 6) is 1.07. The van der Waals surface area contributed by atoms with E-state index in [-0.39, 0.29) is 29.9 Å². The molecule has 3 N–H and O–H groups in total. The van der Waals surface area contributed by atoms with Crippen LogP contribution >= 0.6 is 24.0 Å². The van der Waals surface area contributed by atoms with Crippen molar-refractivity contribution < 1.29 is 4.79 Å². The number of benzene rings is 1. The Kier molecular flexibility index (Phi) is 10.6. The maximum atomic E-state index is 11.9. The van der Waals surface area contributed by atoms with Crippen LogP contribution in [-0.2, 0) is 11.2 Å². The van der Waals surface area contributed by atoms with E-state index in [4.69, 9.17) is 4.99 Å². The highest BCUT2D eigenvalue weighted by atomic mass is 127. The molecule has 1 aromatic carbocycles. The van der Waals surface area contributed by atoms with Crippen molar-refractivity contribution in [3.05, 3.63) is 36.0 Å². The number of para-hydroxylation sites is 1. The van der Waals surface area contributed by atoms with Crippen LogP contribution in [0.4, 0.5) is 0 Å². The van der Waals surface area contributed by atoms with Crippen LogP contribution in [0.25, 0.3) is 10.9 Å². The molecule has 0 radical (unpaired) electrons. The lowest BCUT2D eigenvalue weighted by Crippen LogP contribution is -2.50. The van der Waals surface area contributed by atoms with Crippen LogP contribution in [0.1, 0.15) is 31.7 Å². The number of likely N-dealkylation sites (tertiary alicyclic amines) is 1. The Bertz CT molecular complexity index is 841. The van der Waals surface area contributed by atoms with Crippen LogP contribution in [0.2, 0.25) is 0 Å². The number of aromatic nitrogens is 1. The summed E-state index contributed by atoms with van der Waals surface area (Å²) < 4.78 is 0. The van der Waals surface area contributed by atoms with Crippen LogP contribution in [0.15, 0.2) is 35.5 Å². The number of rotatable bonds is 8. The fraction of sp³-hybridized carbons (Fsp3) is 0.565. The van der Waals surface area contributed by atoms with Crippen LogP contribution in [0.3, 0.4) is 0 Å². The third-order valence-electron chi connectivity index (χ3n) is 5.68. The highest BCUT2D eigenvalue weighted by Crippen LogP contribution is 2.18. The van der Waals surface area contributed by atoms with E-state index in [1.54, 1.807) is 4.90 Å². The zero-order valence-electron chi connectivity index (χ0n) is 19.0. The summed E-state index contributed by atoms with van der Waals surface area (Å²) in [5, 5.41) is 8.27. The van der Waals surface area contributed by atoms with Gasteiger partial charge in [-0.1, -0.05) is 18.2 Å². The molecule has 31 heavy (non-hydrogen) atoms. The predicted molar refractivity (Wildman–Crippen MR) is 139 cm³/mol. The molecule has 1 aliphatic rings. The second-order valence-corrected chi connectivity index (χ2v) is 8.21. The van der Waals surface area contributed by atoms with Gasteiger partial charge in [-0.2, -0.15) is 0 Å². The second-order valence-electron chi connectivity index (χ2n) is 8.21. The Morgan fingerprint density at radius 2 is 2.00 bits per heavy atom. The van der Waals surface area contributed by atoms with Gasteiger partial charge in [0, 0.05) is 63.4 Å². The fourth-order valence-corrected chi connectivity index (χ4v) is 3.88. The number of carbonyl (C=O) groups is 1. The maximum absolute atomic E-state index is 11.9. The van der Waals surface area contributed by atoms with Gasteiger partial charge in [-0.25, -0.2) is 0 Å². The first-order chi connectivity index (χ1) is 14.6. The molecule has 1 aromatic heterocycles. The van der Waals surface area contributed by atoms with Gasteiger partial charge in [0.1, 0.15) is 0 Å². The number of piperidine rings is 1. The Hall–Kier alpha value is -1.81. The van der Waals surface area contributed by atoms with Crippen LogP contribution < -0.4 is 10.6 Å². The molecule has 0 spiro atoms. The lowest BCUT2D eigenvalue weighted by atomic mass is 10.1. The van der Waals surface area contributed by atoms with Crippen molar-refractivity contribution in [3.8, 4) is 0 Å². The fourth-order valence-electron chi connectivity index (χ4n) is 3.88. The molecule has 0 bridgehead atoms. The van der Waals surface area contributed by atoms with Crippen molar-refractivity contribution in [1.29, 1.82) is 0 Å². The lowest BCUT2D eigenvalue weighted by Gasteiger charge is -2.33. The number of halogens is 1. The summed E-state index contributed by atoms with van der Waals surface area (Å²) >= 11 is 0. The van der Waals surface area contributed by atoms with Gasteiger partial charge in [0.2, 0.25) is 5.91 Å². The molecule has 3 rings (SSSR count). The summed E-state index contributed by atoms with van der Waals surface area (Å²) in [6.07, 6.45) is 6.21. The number of hydrogen-bond donors (Lipinski definition) is 3. The van der Waals surface area contributed by atoms with Crippen molar-refractivity contribution in [1.82, 2.24) is 25.4 Å². The topological polar surface area (TPSA) is 75.8 Å². The summed E-state index contributed by atoms with van der Waals surface area (Å²) in [7, 11) is 3.63. The third-order valence-corrected chi connectivity index (χ3v) is 5.68. The molecule has 0 atom stereocenters. The van der Waals surface area contributed by atoms with Gasteiger partial charge < -0.3 is 20.5 Å². The van der Waals surface area contributed by atoms with E-state index in [1.165, 1.54) is 16.5 Å². The van der Waals surface area contributed by atoms with Crippen molar-refractivity contribution in [3.63, 3.8) is 0 Å². The summed E-state index contributed by atoms with van der Waals surface area (Å²) in [5.41, 5.74) is 2.56. The summed E-state index contributed by atoms with van der Waals surface area (Å²) in [4.78, 5) is 23.9. The Morgan fingerprint density at radius 1 is 1.26 bits per heavy atom. The number of aromatic amines is 1. The molecule has 1 aliphatic heterocycles. The Labute approximate surface area is 203 Å². The van der Waals surface area contributed by atoms with Gasteiger partial charge in [0.15, 0.2) is 5.96 Å². The molecule has 0 saturated carbocycles. The van der Waals surface area contributed by atoms with Gasteiger partial charge in [-0.15, -0.1) is 24.0 Å². The largest absolute Gasteiger partial charge is 0.361 e. The number of aliphatic imine (C=N–C) groups is 1.